The largest absolute Gasteiger partial charge is 0.494 e. The van der Waals surface area contributed by atoms with E-state index in [0.717, 1.165) is 16.5 Å². The Balaban J connectivity index is 1.57. The maximum absolute atomic E-state index is 13.8. The monoisotopic (exact) mass is 441 g/mol. The third-order valence-electron chi connectivity index (χ3n) is 5.17. The van der Waals surface area contributed by atoms with Crippen LogP contribution in [0.3, 0.4) is 0 Å². The van der Waals surface area contributed by atoms with Crippen molar-refractivity contribution in [2.45, 2.75) is 10.4 Å². The number of nitrogens with zero attached hydrogens (tertiary/aromatic N) is 4. The van der Waals surface area contributed by atoms with E-state index in [2.05, 4.69) is 20.5 Å². The van der Waals surface area contributed by atoms with Crippen molar-refractivity contribution in [3.8, 4) is 11.4 Å². The molecular weight excluding hydrogens is 422 g/mol. The van der Waals surface area contributed by atoms with Gasteiger partial charge in [0, 0.05) is 22.7 Å². The third kappa shape index (κ3) is 3.65. The summed E-state index contributed by atoms with van der Waals surface area (Å²) in [5, 5.41) is 13.1. The number of aromatic amines is 1. The van der Waals surface area contributed by atoms with Crippen LogP contribution in [0.1, 0.15) is 21.2 Å². The zero-order valence-corrected chi connectivity index (χ0v) is 18.0. The van der Waals surface area contributed by atoms with Gasteiger partial charge in [0.05, 0.1) is 7.11 Å². The van der Waals surface area contributed by atoms with Gasteiger partial charge in [0.1, 0.15) is 16.7 Å². The standard InChI is InChI=1S/C24H19N5O2S/c1-31-21-14-8-7-13-20(21)29-24(26-27-28-29)32-23(16-9-3-2-4-10-16)22(30)18-15-25-19-12-6-5-11-17(18)19/h2-15,23,25H,1H3. The average Bonchev–Trinajstić information content (AvgIpc) is 3.49. The molecule has 0 amide bonds. The lowest BCUT2D eigenvalue weighted by Crippen LogP contribution is -2.11. The topological polar surface area (TPSA) is 85.7 Å². The van der Waals surface area contributed by atoms with E-state index in [-0.39, 0.29) is 5.78 Å². The van der Waals surface area contributed by atoms with E-state index >= 15 is 0 Å². The fraction of sp³-hybridized carbons (Fsp3) is 0.0833. The Morgan fingerprint density at radius 2 is 1.75 bits per heavy atom. The molecule has 2 aromatic heterocycles. The lowest BCUT2D eigenvalue weighted by Gasteiger charge is -2.16. The molecule has 7 nitrogen and oxygen atoms in total. The van der Waals surface area contributed by atoms with E-state index in [1.165, 1.54) is 11.8 Å². The van der Waals surface area contributed by atoms with Crippen molar-refractivity contribution in [2.24, 2.45) is 0 Å². The SMILES string of the molecule is COc1ccccc1-n1nnnc1SC(C(=O)c1c[nH]c2ccccc12)c1ccccc1. The number of hydrogen-bond acceptors (Lipinski definition) is 6. The molecule has 158 valence electrons. The minimum absolute atomic E-state index is 0.0202. The molecule has 2 heterocycles. The Morgan fingerprint density at radius 1 is 1.00 bits per heavy atom. The van der Waals surface area contributed by atoms with Crippen LogP contribution < -0.4 is 4.74 Å². The molecule has 0 aliphatic carbocycles. The predicted octanol–water partition coefficient (Wildman–Crippen LogP) is 4.87. The van der Waals surface area contributed by atoms with Crippen LogP contribution in [0.15, 0.2) is 90.2 Å². The number of rotatable bonds is 7. The average molecular weight is 442 g/mol. The van der Waals surface area contributed by atoms with Gasteiger partial charge in [0.2, 0.25) is 5.16 Å². The molecule has 5 rings (SSSR count). The molecule has 8 heteroatoms. The first-order chi connectivity index (χ1) is 15.8. The van der Waals surface area contributed by atoms with Crippen LogP contribution in [0.2, 0.25) is 0 Å². The van der Waals surface area contributed by atoms with Gasteiger partial charge in [0.25, 0.3) is 0 Å². The number of hydrogen-bond donors (Lipinski definition) is 1. The molecule has 0 radical (unpaired) electrons. The first-order valence-electron chi connectivity index (χ1n) is 10.00. The highest BCUT2D eigenvalue weighted by atomic mass is 32.2. The van der Waals surface area contributed by atoms with Crippen LogP contribution in [0.4, 0.5) is 0 Å². The highest BCUT2D eigenvalue weighted by molar-refractivity contribution is 8.00. The first kappa shape index (κ1) is 20.0. The number of nitrogens with one attached hydrogen (secondary N) is 1. The highest BCUT2D eigenvalue weighted by Gasteiger charge is 2.28. The van der Waals surface area contributed by atoms with Gasteiger partial charge in [-0.2, -0.15) is 4.68 Å². The second kappa shape index (κ2) is 8.68. The molecule has 0 bridgehead atoms. The molecular formula is C24H19N5O2S. The van der Waals surface area contributed by atoms with Gasteiger partial charge in [-0.05, 0) is 34.2 Å². The van der Waals surface area contributed by atoms with Gasteiger partial charge in [-0.1, -0.05) is 72.4 Å². The van der Waals surface area contributed by atoms with Crippen LogP contribution in [0, 0.1) is 0 Å². The Bertz CT molecular complexity index is 1380. The molecule has 0 saturated heterocycles. The Morgan fingerprint density at radius 3 is 2.59 bits per heavy atom. The Hall–Kier alpha value is -3.91. The summed E-state index contributed by atoms with van der Waals surface area (Å²) in [4.78, 5) is 17.0. The first-order valence-corrected chi connectivity index (χ1v) is 10.9. The minimum Gasteiger partial charge on any atom is -0.494 e. The van der Waals surface area contributed by atoms with Crippen LogP contribution in [-0.4, -0.2) is 38.1 Å². The number of aromatic nitrogens is 5. The lowest BCUT2D eigenvalue weighted by molar-refractivity contribution is 0.0991. The number of thioether (sulfide) groups is 1. The number of fused-ring (bicyclic) bond motifs is 1. The Labute approximate surface area is 188 Å². The number of para-hydroxylation sites is 3. The number of methoxy groups -OCH3 is 1. The van der Waals surface area contributed by atoms with Crippen molar-refractivity contribution in [1.29, 1.82) is 0 Å². The summed E-state index contributed by atoms with van der Waals surface area (Å²) in [7, 11) is 1.60. The smallest absolute Gasteiger partial charge is 0.215 e. The summed E-state index contributed by atoms with van der Waals surface area (Å²) in [5.41, 5.74) is 3.14. The van der Waals surface area contributed by atoms with Gasteiger partial charge in [-0.15, -0.1) is 5.10 Å². The zero-order chi connectivity index (χ0) is 21.9. The molecule has 1 unspecified atom stereocenters. The summed E-state index contributed by atoms with van der Waals surface area (Å²) >= 11 is 1.31. The van der Waals surface area contributed by atoms with Gasteiger partial charge in [0.15, 0.2) is 5.78 Å². The minimum atomic E-state index is -0.533. The van der Waals surface area contributed by atoms with Gasteiger partial charge >= 0.3 is 0 Å². The predicted molar refractivity (Wildman–Crippen MR) is 123 cm³/mol. The lowest BCUT2D eigenvalue weighted by atomic mass is 10.0. The van der Waals surface area contributed by atoms with Gasteiger partial charge in [-0.3, -0.25) is 4.79 Å². The second-order valence-corrected chi connectivity index (χ2v) is 8.14. The molecule has 0 saturated carbocycles. The van der Waals surface area contributed by atoms with Crippen molar-refractivity contribution in [3.63, 3.8) is 0 Å². The van der Waals surface area contributed by atoms with Crippen molar-refractivity contribution in [2.75, 3.05) is 7.11 Å². The number of ketones is 1. The number of ether oxygens (including phenoxy) is 1. The van der Waals surface area contributed by atoms with Crippen LogP contribution >= 0.6 is 11.8 Å². The maximum atomic E-state index is 13.8. The quantitative estimate of drug-likeness (QED) is 0.287. The molecule has 1 N–H and O–H groups in total. The normalized spacial score (nSPS) is 12.0. The zero-order valence-electron chi connectivity index (χ0n) is 17.2. The van der Waals surface area contributed by atoms with E-state index in [4.69, 9.17) is 4.74 Å². The fourth-order valence-corrected chi connectivity index (χ4v) is 4.69. The van der Waals surface area contributed by atoms with E-state index < -0.39 is 5.25 Å². The molecule has 0 aliphatic heterocycles. The number of carbonyl (C=O) groups is 1. The molecule has 1 atom stereocenters. The molecule has 32 heavy (non-hydrogen) atoms. The summed E-state index contributed by atoms with van der Waals surface area (Å²) in [5.74, 6) is 0.620. The molecule has 0 aliphatic rings. The fourth-order valence-electron chi connectivity index (χ4n) is 3.63. The van der Waals surface area contributed by atoms with E-state index in [9.17, 15) is 4.79 Å². The maximum Gasteiger partial charge on any atom is 0.215 e. The van der Waals surface area contributed by atoms with E-state index in [1.54, 1.807) is 18.0 Å². The second-order valence-electron chi connectivity index (χ2n) is 7.07. The van der Waals surface area contributed by atoms with Gasteiger partial charge in [-0.25, -0.2) is 0 Å². The summed E-state index contributed by atoms with van der Waals surface area (Å²) in [6, 6.07) is 24.9. The number of benzene rings is 3. The molecule has 5 aromatic rings. The van der Waals surface area contributed by atoms with E-state index in [1.807, 2.05) is 78.9 Å². The van der Waals surface area contributed by atoms with E-state index in [0.29, 0.717) is 22.2 Å². The Kier molecular flexibility index (Phi) is 5.43. The molecule has 0 fully saturated rings. The van der Waals surface area contributed by atoms with Crippen LogP contribution in [-0.2, 0) is 0 Å². The van der Waals surface area contributed by atoms with Crippen molar-refractivity contribution >= 4 is 28.4 Å². The molecule has 3 aromatic carbocycles. The number of carbonyl (C=O) groups excluding carboxylic acids is 1. The molecule has 0 spiro atoms. The van der Waals surface area contributed by atoms with Gasteiger partial charge < -0.3 is 9.72 Å². The summed E-state index contributed by atoms with van der Waals surface area (Å²) < 4.78 is 7.07. The highest BCUT2D eigenvalue weighted by Crippen LogP contribution is 2.39. The number of Topliss-reactive ketones (excluding diaryl/α,β-unsaturated/α-hetero) is 1. The van der Waals surface area contributed by atoms with Crippen molar-refractivity contribution < 1.29 is 9.53 Å². The summed E-state index contributed by atoms with van der Waals surface area (Å²) in [6.45, 7) is 0. The number of tetrazole rings is 1. The third-order valence-corrected chi connectivity index (χ3v) is 6.36. The van der Waals surface area contributed by atoms with Crippen LogP contribution in [0.5, 0.6) is 5.75 Å². The number of H-pyrrole nitrogens is 1. The summed E-state index contributed by atoms with van der Waals surface area (Å²) in [6.07, 6.45) is 1.77. The van der Waals surface area contributed by atoms with Crippen molar-refractivity contribution in [3.05, 3.63) is 96.2 Å². The van der Waals surface area contributed by atoms with Crippen molar-refractivity contribution in [1.82, 2.24) is 25.2 Å². The van der Waals surface area contributed by atoms with Crippen LogP contribution in [0.25, 0.3) is 16.6 Å².